The smallest absolute Gasteiger partial charge is 0.346 e. The Balaban J connectivity index is 2.36. The molecule has 5 nitrogen and oxygen atoms in total. The third-order valence-electron chi connectivity index (χ3n) is 1.64. The third-order valence-corrected chi connectivity index (χ3v) is 2.44. The molecule has 0 radical (unpaired) electrons. The van der Waals surface area contributed by atoms with E-state index in [4.69, 9.17) is 0 Å². The van der Waals surface area contributed by atoms with E-state index in [9.17, 15) is 4.79 Å². The number of ether oxygens (including phenoxy) is 1. The number of fused-ring (bicyclic) bond motifs is 1. The maximum Gasteiger partial charge on any atom is 0.346 e. The number of nitrogens with one attached hydrogen (secondary N) is 1. The molecule has 0 saturated carbocycles. The van der Waals surface area contributed by atoms with Crippen LogP contribution < -0.4 is 4.72 Å². The molecule has 1 aromatic heterocycles. The summed E-state index contributed by atoms with van der Waals surface area (Å²) in [5.74, 6) is 0.281. The maximum atomic E-state index is 11.2. The van der Waals surface area contributed by atoms with Crippen molar-refractivity contribution < 1.29 is 9.53 Å². The van der Waals surface area contributed by atoms with E-state index in [1.165, 1.54) is 19.1 Å². The molecule has 1 aliphatic rings. The molecule has 2 heterocycles. The van der Waals surface area contributed by atoms with Gasteiger partial charge in [0.25, 0.3) is 0 Å². The van der Waals surface area contributed by atoms with Gasteiger partial charge in [-0.1, -0.05) is 0 Å². The molecule has 0 bridgehead atoms. The number of carbonyl (C=O) groups excluding carboxylic acids is 1. The van der Waals surface area contributed by atoms with E-state index in [0.717, 1.165) is 0 Å². The average Bonchev–Trinajstić information content (AvgIpc) is 2.27. The highest BCUT2D eigenvalue weighted by molar-refractivity contribution is 8.05. The van der Waals surface area contributed by atoms with Gasteiger partial charge in [-0.25, -0.2) is 9.78 Å². The molecule has 0 fully saturated rings. The van der Waals surface area contributed by atoms with Gasteiger partial charge in [0, 0.05) is 12.4 Å². The van der Waals surface area contributed by atoms with Gasteiger partial charge in [-0.15, -0.1) is 0 Å². The van der Waals surface area contributed by atoms with Crippen molar-refractivity contribution in [3.63, 3.8) is 0 Å². The van der Waals surface area contributed by atoms with Crippen molar-refractivity contribution >= 4 is 29.8 Å². The summed E-state index contributed by atoms with van der Waals surface area (Å²) in [7, 11) is 1.34. The van der Waals surface area contributed by atoms with Crippen molar-refractivity contribution in [3.8, 4) is 0 Å². The van der Waals surface area contributed by atoms with E-state index in [1.807, 2.05) is 0 Å². The van der Waals surface area contributed by atoms with Crippen molar-refractivity contribution in [3.05, 3.63) is 23.0 Å². The number of methoxy groups -OCH3 is 1. The lowest BCUT2D eigenvalue weighted by atomic mass is 10.3. The first-order valence-electron chi connectivity index (χ1n) is 3.85. The molecule has 6 heteroatoms. The van der Waals surface area contributed by atoms with Gasteiger partial charge in [-0.3, -0.25) is 4.98 Å². The van der Waals surface area contributed by atoms with Crippen LogP contribution in [0, 0.1) is 0 Å². The Morgan fingerprint density at radius 3 is 3.07 bits per heavy atom. The van der Waals surface area contributed by atoms with Crippen molar-refractivity contribution in [2.45, 2.75) is 0 Å². The van der Waals surface area contributed by atoms with Gasteiger partial charge in [-0.2, -0.15) is 0 Å². The average molecular weight is 209 g/mol. The SMILES string of the molecule is COC(=O)C1=Cc2nccnc2NS1. The van der Waals surface area contributed by atoms with Gasteiger partial charge >= 0.3 is 5.97 Å². The standard InChI is InChI=1S/C8H7N3O2S/c1-13-8(12)6-4-5-7(11-14-6)10-3-2-9-5/h2-4H,1H3,(H,10,11). The molecule has 0 aromatic carbocycles. The summed E-state index contributed by atoms with van der Waals surface area (Å²) in [5, 5.41) is 0. The molecule has 2 rings (SSSR count). The largest absolute Gasteiger partial charge is 0.465 e. The number of nitrogens with zero attached hydrogens (tertiary/aromatic N) is 2. The fourth-order valence-corrected chi connectivity index (χ4v) is 1.69. The Labute approximate surface area is 84.7 Å². The van der Waals surface area contributed by atoms with Crippen LogP contribution in [0.5, 0.6) is 0 Å². The van der Waals surface area contributed by atoms with Crippen LogP contribution in [0.3, 0.4) is 0 Å². The van der Waals surface area contributed by atoms with Crippen LogP contribution in [-0.2, 0) is 9.53 Å². The van der Waals surface area contributed by atoms with E-state index in [1.54, 1.807) is 18.5 Å². The minimum absolute atomic E-state index is 0.376. The first-order valence-corrected chi connectivity index (χ1v) is 4.67. The molecular weight excluding hydrogens is 202 g/mol. The van der Waals surface area contributed by atoms with Gasteiger partial charge in [0.1, 0.15) is 10.6 Å². The maximum absolute atomic E-state index is 11.2. The highest BCUT2D eigenvalue weighted by Crippen LogP contribution is 2.29. The fourth-order valence-electron chi connectivity index (χ4n) is 0.991. The second kappa shape index (κ2) is 3.67. The number of esters is 1. The molecular formula is C8H7N3O2S. The lowest BCUT2D eigenvalue weighted by Crippen LogP contribution is -2.09. The molecule has 0 amide bonds. The summed E-state index contributed by atoms with van der Waals surface area (Å²) in [6.07, 6.45) is 4.81. The Bertz CT molecular complexity index is 405. The van der Waals surface area contributed by atoms with Crippen LogP contribution in [0.15, 0.2) is 17.3 Å². The topological polar surface area (TPSA) is 64.1 Å². The molecule has 14 heavy (non-hydrogen) atoms. The van der Waals surface area contributed by atoms with Crippen LogP contribution in [0.4, 0.5) is 5.82 Å². The van der Waals surface area contributed by atoms with Crippen molar-refractivity contribution in [2.75, 3.05) is 11.8 Å². The van der Waals surface area contributed by atoms with Crippen LogP contribution in [0.2, 0.25) is 0 Å². The predicted octanol–water partition coefficient (Wildman–Crippen LogP) is 1.06. The Kier molecular flexibility index (Phi) is 2.36. The Hall–Kier alpha value is -1.56. The van der Waals surface area contributed by atoms with E-state index in [2.05, 4.69) is 19.4 Å². The van der Waals surface area contributed by atoms with Gasteiger partial charge in [0.2, 0.25) is 0 Å². The molecule has 0 atom stereocenters. The van der Waals surface area contributed by atoms with Crippen LogP contribution in [-0.4, -0.2) is 23.0 Å². The molecule has 0 aliphatic carbocycles. The minimum Gasteiger partial charge on any atom is -0.465 e. The summed E-state index contributed by atoms with van der Waals surface area (Å²) < 4.78 is 7.49. The molecule has 1 aromatic rings. The molecule has 1 N–H and O–H groups in total. The van der Waals surface area contributed by atoms with E-state index in [0.29, 0.717) is 16.4 Å². The van der Waals surface area contributed by atoms with Gasteiger partial charge in [0.15, 0.2) is 5.82 Å². The van der Waals surface area contributed by atoms with Crippen molar-refractivity contribution in [1.29, 1.82) is 0 Å². The first-order chi connectivity index (χ1) is 6.81. The number of rotatable bonds is 1. The van der Waals surface area contributed by atoms with Crippen LogP contribution in [0.25, 0.3) is 6.08 Å². The van der Waals surface area contributed by atoms with Crippen molar-refractivity contribution in [1.82, 2.24) is 9.97 Å². The number of hydrogen-bond donors (Lipinski definition) is 1. The van der Waals surface area contributed by atoms with E-state index >= 15 is 0 Å². The monoisotopic (exact) mass is 209 g/mol. The van der Waals surface area contributed by atoms with Gasteiger partial charge in [0.05, 0.1) is 7.11 Å². The number of hydrogen-bond acceptors (Lipinski definition) is 6. The van der Waals surface area contributed by atoms with Gasteiger partial charge < -0.3 is 9.46 Å². The lowest BCUT2D eigenvalue weighted by molar-refractivity contribution is -0.135. The Morgan fingerprint density at radius 1 is 1.50 bits per heavy atom. The number of aromatic nitrogens is 2. The predicted molar refractivity (Wildman–Crippen MR) is 53.2 cm³/mol. The molecule has 1 aliphatic heterocycles. The van der Waals surface area contributed by atoms with E-state index in [-0.39, 0.29) is 5.97 Å². The zero-order chi connectivity index (χ0) is 9.97. The minimum atomic E-state index is -0.376. The zero-order valence-corrected chi connectivity index (χ0v) is 8.17. The van der Waals surface area contributed by atoms with E-state index < -0.39 is 0 Å². The summed E-state index contributed by atoms with van der Waals surface area (Å²) in [5.41, 5.74) is 0.645. The molecule has 0 unspecified atom stereocenters. The van der Waals surface area contributed by atoms with Crippen LogP contribution in [0.1, 0.15) is 5.69 Å². The highest BCUT2D eigenvalue weighted by Gasteiger charge is 2.18. The lowest BCUT2D eigenvalue weighted by Gasteiger charge is -2.13. The quantitative estimate of drug-likeness (QED) is 0.551. The second-order valence-corrected chi connectivity index (χ2v) is 3.34. The Morgan fingerprint density at radius 2 is 2.29 bits per heavy atom. The zero-order valence-electron chi connectivity index (χ0n) is 7.35. The van der Waals surface area contributed by atoms with Crippen LogP contribution >= 0.6 is 11.9 Å². The fraction of sp³-hybridized carbons (Fsp3) is 0.125. The highest BCUT2D eigenvalue weighted by atomic mass is 32.2. The van der Waals surface area contributed by atoms with Gasteiger partial charge in [-0.05, 0) is 18.0 Å². The number of anilines is 1. The summed E-state index contributed by atoms with van der Waals surface area (Å²) in [6, 6.07) is 0. The first kappa shape index (κ1) is 9.01. The second-order valence-electron chi connectivity index (χ2n) is 2.49. The summed E-state index contributed by atoms with van der Waals surface area (Å²) >= 11 is 1.17. The van der Waals surface area contributed by atoms with Crippen molar-refractivity contribution in [2.24, 2.45) is 0 Å². The normalized spacial score (nSPS) is 13.6. The third kappa shape index (κ3) is 1.56. The molecule has 72 valence electrons. The molecule has 0 saturated heterocycles. The summed E-state index contributed by atoms with van der Waals surface area (Å²) in [6.45, 7) is 0. The molecule has 0 spiro atoms. The summed E-state index contributed by atoms with van der Waals surface area (Å²) in [4.78, 5) is 19.8. The number of carbonyl (C=O) groups is 1.